The van der Waals surface area contributed by atoms with Gasteiger partial charge in [-0.3, -0.25) is 9.59 Å². The van der Waals surface area contributed by atoms with Gasteiger partial charge in [0.15, 0.2) is 5.76 Å². The molecule has 27 heavy (non-hydrogen) atoms. The molecule has 0 bridgehead atoms. The Bertz CT molecular complexity index is 902. The molecule has 0 atom stereocenters. The smallest absolute Gasteiger partial charge is 0.291 e. The van der Waals surface area contributed by atoms with Gasteiger partial charge in [-0.15, -0.1) is 0 Å². The zero-order valence-corrected chi connectivity index (χ0v) is 14.9. The number of ether oxygens (including phenoxy) is 1. The van der Waals surface area contributed by atoms with Crippen LogP contribution < -0.4 is 15.4 Å². The summed E-state index contributed by atoms with van der Waals surface area (Å²) < 4.78 is 10.7. The largest absolute Gasteiger partial charge is 0.492 e. The summed E-state index contributed by atoms with van der Waals surface area (Å²) in [6, 6.07) is 17.7. The third kappa shape index (κ3) is 4.98. The van der Waals surface area contributed by atoms with Gasteiger partial charge in [-0.2, -0.15) is 0 Å². The second kappa shape index (κ2) is 8.71. The van der Waals surface area contributed by atoms with Gasteiger partial charge in [-0.05, 0) is 43.3 Å². The Morgan fingerprint density at radius 2 is 1.74 bits per heavy atom. The van der Waals surface area contributed by atoms with E-state index in [2.05, 4.69) is 10.6 Å². The summed E-state index contributed by atoms with van der Waals surface area (Å²) in [7, 11) is 0. The van der Waals surface area contributed by atoms with Crippen molar-refractivity contribution >= 4 is 17.5 Å². The number of para-hydroxylation sites is 1. The van der Waals surface area contributed by atoms with Crippen LogP contribution in [0.2, 0.25) is 0 Å². The summed E-state index contributed by atoms with van der Waals surface area (Å²) in [6.07, 6.45) is 1.42. The van der Waals surface area contributed by atoms with Crippen LogP contribution in [0.25, 0.3) is 0 Å². The quantitative estimate of drug-likeness (QED) is 0.627. The molecule has 0 aliphatic rings. The van der Waals surface area contributed by atoms with Gasteiger partial charge in [0, 0.05) is 0 Å². The number of benzene rings is 2. The molecule has 6 heteroatoms. The van der Waals surface area contributed by atoms with E-state index in [1.807, 2.05) is 31.2 Å². The van der Waals surface area contributed by atoms with Crippen LogP contribution in [0, 0.1) is 6.92 Å². The van der Waals surface area contributed by atoms with Gasteiger partial charge in [0.05, 0.1) is 24.1 Å². The lowest BCUT2D eigenvalue weighted by atomic mass is 10.1. The molecular weight excluding hydrogens is 344 g/mol. The Morgan fingerprint density at radius 1 is 0.963 bits per heavy atom. The van der Waals surface area contributed by atoms with Crippen molar-refractivity contribution in [1.82, 2.24) is 5.32 Å². The number of hydrogen-bond donors (Lipinski definition) is 2. The van der Waals surface area contributed by atoms with Crippen LogP contribution in [0.5, 0.6) is 5.75 Å². The Hall–Kier alpha value is -3.54. The number of carbonyl (C=O) groups excluding carboxylic acids is 2. The number of anilines is 1. The van der Waals surface area contributed by atoms with Crippen molar-refractivity contribution in [2.45, 2.75) is 6.92 Å². The number of furan rings is 1. The van der Waals surface area contributed by atoms with Gasteiger partial charge >= 0.3 is 0 Å². The van der Waals surface area contributed by atoms with E-state index in [0.717, 1.165) is 11.3 Å². The molecule has 2 aromatic carbocycles. The molecule has 0 aliphatic heterocycles. The second-order valence-corrected chi connectivity index (χ2v) is 5.89. The molecule has 6 nitrogen and oxygen atoms in total. The number of amides is 2. The van der Waals surface area contributed by atoms with Gasteiger partial charge in [0.2, 0.25) is 0 Å². The van der Waals surface area contributed by atoms with Crippen molar-refractivity contribution in [3.63, 3.8) is 0 Å². The van der Waals surface area contributed by atoms with Gasteiger partial charge in [-0.25, -0.2) is 0 Å². The summed E-state index contributed by atoms with van der Waals surface area (Å²) >= 11 is 0. The standard InChI is InChI=1S/C21H20N2O4/c1-15-8-10-16(11-9-15)26-14-12-22-20(24)17-5-2-3-6-18(17)23-21(25)19-7-4-13-27-19/h2-11,13H,12,14H2,1H3,(H,22,24)(H,23,25). The van der Waals surface area contributed by atoms with Crippen LogP contribution in [0.15, 0.2) is 71.3 Å². The number of rotatable bonds is 7. The number of hydrogen-bond acceptors (Lipinski definition) is 4. The highest BCUT2D eigenvalue weighted by molar-refractivity contribution is 6.07. The van der Waals surface area contributed by atoms with Crippen LogP contribution in [0.1, 0.15) is 26.5 Å². The Morgan fingerprint density at radius 3 is 2.48 bits per heavy atom. The maximum atomic E-state index is 12.4. The van der Waals surface area contributed by atoms with Crippen molar-refractivity contribution in [2.75, 3.05) is 18.5 Å². The molecular formula is C21H20N2O4. The highest BCUT2D eigenvalue weighted by Gasteiger charge is 2.15. The van der Waals surface area contributed by atoms with Gasteiger partial charge in [0.25, 0.3) is 11.8 Å². The van der Waals surface area contributed by atoms with Gasteiger partial charge < -0.3 is 19.8 Å². The number of nitrogens with one attached hydrogen (secondary N) is 2. The molecule has 0 saturated heterocycles. The van der Waals surface area contributed by atoms with Crippen LogP contribution in [-0.4, -0.2) is 25.0 Å². The molecule has 1 aromatic heterocycles. The van der Waals surface area contributed by atoms with Crippen molar-refractivity contribution in [3.8, 4) is 5.75 Å². The molecule has 0 unspecified atom stereocenters. The Labute approximate surface area is 157 Å². The maximum Gasteiger partial charge on any atom is 0.291 e. The Balaban J connectivity index is 1.55. The summed E-state index contributed by atoms with van der Waals surface area (Å²) in [5, 5.41) is 5.48. The van der Waals surface area contributed by atoms with Crippen LogP contribution in [0.4, 0.5) is 5.69 Å². The molecule has 138 valence electrons. The molecule has 0 saturated carbocycles. The van der Waals surface area contributed by atoms with Crippen LogP contribution in [-0.2, 0) is 0 Å². The van der Waals surface area contributed by atoms with Crippen LogP contribution in [0.3, 0.4) is 0 Å². The van der Waals surface area contributed by atoms with Gasteiger partial charge in [-0.1, -0.05) is 29.8 Å². The van der Waals surface area contributed by atoms with Crippen molar-refractivity contribution < 1.29 is 18.7 Å². The molecule has 2 N–H and O–H groups in total. The number of carbonyl (C=O) groups is 2. The predicted molar refractivity (Wildman–Crippen MR) is 102 cm³/mol. The van der Waals surface area contributed by atoms with E-state index in [1.165, 1.54) is 6.26 Å². The first kappa shape index (κ1) is 18.3. The summed E-state index contributed by atoms with van der Waals surface area (Å²) in [5.74, 6) is 0.221. The zero-order valence-electron chi connectivity index (χ0n) is 14.9. The molecule has 1 heterocycles. The second-order valence-electron chi connectivity index (χ2n) is 5.89. The minimum absolute atomic E-state index is 0.178. The fourth-order valence-corrected chi connectivity index (χ4v) is 2.44. The minimum Gasteiger partial charge on any atom is -0.492 e. The van der Waals surface area contributed by atoms with E-state index in [-0.39, 0.29) is 11.7 Å². The number of aryl methyl sites for hydroxylation is 1. The summed E-state index contributed by atoms with van der Waals surface area (Å²) in [5.41, 5.74) is 1.94. The van der Waals surface area contributed by atoms with Crippen molar-refractivity contribution in [2.24, 2.45) is 0 Å². The monoisotopic (exact) mass is 364 g/mol. The third-order valence-corrected chi connectivity index (χ3v) is 3.84. The van der Waals surface area contributed by atoms with Crippen LogP contribution >= 0.6 is 0 Å². The van der Waals surface area contributed by atoms with E-state index >= 15 is 0 Å². The van der Waals surface area contributed by atoms with E-state index in [0.29, 0.717) is 24.4 Å². The predicted octanol–water partition coefficient (Wildman–Crippen LogP) is 3.65. The lowest BCUT2D eigenvalue weighted by Gasteiger charge is -2.11. The minimum atomic E-state index is -0.414. The lowest BCUT2D eigenvalue weighted by molar-refractivity contribution is 0.0948. The first-order chi connectivity index (χ1) is 13.1. The zero-order chi connectivity index (χ0) is 19.1. The first-order valence-electron chi connectivity index (χ1n) is 8.55. The first-order valence-corrected chi connectivity index (χ1v) is 8.55. The normalized spacial score (nSPS) is 10.3. The molecule has 0 aliphatic carbocycles. The topological polar surface area (TPSA) is 80.6 Å². The average Bonchev–Trinajstić information content (AvgIpc) is 3.22. The third-order valence-electron chi connectivity index (χ3n) is 3.84. The van der Waals surface area contributed by atoms with E-state index in [4.69, 9.17) is 9.15 Å². The Kier molecular flexibility index (Phi) is 5.89. The van der Waals surface area contributed by atoms with E-state index in [9.17, 15) is 9.59 Å². The fourth-order valence-electron chi connectivity index (χ4n) is 2.44. The fraction of sp³-hybridized carbons (Fsp3) is 0.143. The SMILES string of the molecule is Cc1ccc(OCCNC(=O)c2ccccc2NC(=O)c2ccco2)cc1. The molecule has 3 aromatic rings. The maximum absolute atomic E-state index is 12.4. The molecule has 0 radical (unpaired) electrons. The molecule has 2 amide bonds. The van der Waals surface area contributed by atoms with Crippen molar-refractivity contribution in [1.29, 1.82) is 0 Å². The van der Waals surface area contributed by atoms with E-state index in [1.54, 1.807) is 36.4 Å². The van der Waals surface area contributed by atoms with Gasteiger partial charge in [0.1, 0.15) is 12.4 Å². The highest BCUT2D eigenvalue weighted by atomic mass is 16.5. The van der Waals surface area contributed by atoms with E-state index < -0.39 is 5.91 Å². The average molecular weight is 364 g/mol. The molecule has 0 fully saturated rings. The lowest BCUT2D eigenvalue weighted by Crippen LogP contribution is -2.29. The van der Waals surface area contributed by atoms with Crippen molar-refractivity contribution in [3.05, 3.63) is 83.8 Å². The highest BCUT2D eigenvalue weighted by Crippen LogP contribution is 2.16. The summed E-state index contributed by atoms with van der Waals surface area (Å²) in [6.45, 7) is 2.69. The molecule has 0 spiro atoms. The molecule has 3 rings (SSSR count). The summed E-state index contributed by atoms with van der Waals surface area (Å²) in [4.78, 5) is 24.6.